The molecule has 0 unspecified atom stereocenters. The summed E-state index contributed by atoms with van der Waals surface area (Å²) in [5, 5.41) is 13.3. The SMILES string of the molecule is CCCN(CC(=O)O)S(=O)(=O)c1cnc2c(Cl)c(C)nn2c1. The van der Waals surface area contributed by atoms with Crippen LogP contribution in [0.3, 0.4) is 0 Å². The van der Waals surface area contributed by atoms with Crippen molar-refractivity contribution in [1.29, 1.82) is 0 Å². The molecule has 0 aliphatic carbocycles. The second-order valence-corrected chi connectivity index (χ2v) is 7.01. The Morgan fingerprint density at radius 2 is 2.18 bits per heavy atom. The summed E-state index contributed by atoms with van der Waals surface area (Å²) >= 11 is 6.01. The molecule has 2 aromatic heterocycles. The van der Waals surface area contributed by atoms with E-state index < -0.39 is 22.5 Å². The highest BCUT2D eigenvalue weighted by molar-refractivity contribution is 7.89. The van der Waals surface area contributed by atoms with Gasteiger partial charge in [-0.3, -0.25) is 4.79 Å². The zero-order chi connectivity index (χ0) is 16.5. The van der Waals surface area contributed by atoms with Gasteiger partial charge < -0.3 is 5.11 Å². The van der Waals surface area contributed by atoms with Crippen LogP contribution in [0.25, 0.3) is 5.65 Å². The standard InChI is InChI=1S/C12H15ClN4O4S/c1-3-4-16(7-10(18)19)22(20,21)9-5-14-12-11(13)8(2)15-17(12)6-9/h5-6H,3-4,7H2,1-2H3,(H,18,19). The maximum Gasteiger partial charge on any atom is 0.318 e. The molecular weight excluding hydrogens is 332 g/mol. The van der Waals surface area contributed by atoms with Crippen LogP contribution < -0.4 is 0 Å². The van der Waals surface area contributed by atoms with Gasteiger partial charge in [0.05, 0.1) is 18.1 Å². The summed E-state index contributed by atoms with van der Waals surface area (Å²) in [5.74, 6) is -1.22. The zero-order valence-corrected chi connectivity index (χ0v) is 13.6. The molecule has 0 atom stereocenters. The molecule has 0 bridgehead atoms. The number of sulfonamides is 1. The number of aryl methyl sites for hydroxylation is 1. The zero-order valence-electron chi connectivity index (χ0n) is 12.0. The van der Waals surface area contributed by atoms with Gasteiger partial charge in [-0.2, -0.15) is 9.40 Å². The first-order valence-electron chi connectivity index (χ1n) is 6.49. The van der Waals surface area contributed by atoms with Crippen molar-refractivity contribution in [3.63, 3.8) is 0 Å². The third kappa shape index (κ3) is 3.06. The number of fused-ring (bicyclic) bond motifs is 1. The summed E-state index contributed by atoms with van der Waals surface area (Å²) in [4.78, 5) is 14.7. The van der Waals surface area contributed by atoms with E-state index in [1.54, 1.807) is 13.8 Å². The molecule has 0 aliphatic rings. The maximum atomic E-state index is 12.5. The smallest absolute Gasteiger partial charge is 0.318 e. The molecule has 0 radical (unpaired) electrons. The molecule has 22 heavy (non-hydrogen) atoms. The Labute approximate surface area is 132 Å². The Bertz CT molecular complexity index is 818. The highest BCUT2D eigenvalue weighted by atomic mass is 35.5. The van der Waals surface area contributed by atoms with Crippen LogP contribution in [0, 0.1) is 6.92 Å². The number of carboxylic acid groups (broad SMARTS) is 1. The van der Waals surface area contributed by atoms with Crippen molar-refractivity contribution in [3.8, 4) is 0 Å². The molecule has 8 nitrogen and oxygen atoms in total. The van der Waals surface area contributed by atoms with Crippen LogP contribution in [-0.2, 0) is 14.8 Å². The molecule has 0 spiro atoms. The fraction of sp³-hybridized carbons (Fsp3) is 0.417. The van der Waals surface area contributed by atoms with Crippen LogP contribution in [0.15, 0.2) is 17.3 Å². The van der Waals surface area contributed by atoms with Crippen molar-refractivity contribution in [2.24, 2.45) is 0 Å². The first kappa shape index (κ1) is 16.7. The van der Waals surface area contributed by atoms with Crippen LogP contribution in [-0.4, -0.2) is 51.5 Å². The Kier molecular flexibility index (Phi) is 4.69. The molecule has 2 heterocycles. The molecule has 0 aliphatic heterocycles. The van der Waals surface area contributed by atoms with Crippen LogP contribution in [0.4, 0.5) is 0 Å². The van der Waals surface area contributed by atoms with Gasteiger partial charge in [-0.15, -0.1) is 0 Å². The third-order valence-corrected chi connectivity index (χ3v) is 5.22. The summed E-state index contributed by atoms with van der Waals surface area (Å²) in [7, 11) is -3.97. The fourth-order valence-electron chi connectivity index (χ4n) is 1.97. The van der Waals surface area contributed by atoms with Gasteiger partial charge in [0, 0.05) is 6.54 Å². The molecule has 0 saturated heterocycles. The largest absolute Gasteiger partial charge is 0.480 e. The number of carboxylic acids is 1. The Balaban J connectivity index is 2.49. The van der Waals surface area contributed by atoms with E-state index in [2.05, 4.69) is 10.1 Å². The normalized spacial score (nSPS) is 12.2. The number of rotatable bonds is 6. The summed E-state index contributed by atoms with van der Waals surface area (Å²) in [6.07, 6.45) is 2.93. The molecule has 0 amide bonds. The molecule has 120 valence electrons. The fourth-order valence-corrected chi connectivity index (χ4v) is 3.56. The van der Waals surface area contributed by atoms with Crippen molar-refractivity contribution in [1.82, 2.24) is 18.9 Å². The Morgan fingerprint density at radius 1 is 1.50 bits per heavy atom. The molecule has 0 fully saturated rings. The minimum absolute atomic E-state index is 0.103. The number of aromatic nitrogens is 3. The number of hydrogen-bond donors (Lipinski definition) is 1. The van der Waals surface area contributed by atoms with Gasteiger partial charge in [0.15, 0.2) is 5.65 Å². The quantitative estimate of drug-likeness (QED) is 0.842. The number of halogens is 1. The minimum atomic E-state index is -3.97. The lowest BCUT2D eigenvalue weighted by atomic mass is 10.5. The van der Waals surface area contributed by atoms with E-state index in [-0.39, 0.29) is 11.4 Å². The summed E-state index contributed by atoms with van der Waals surface area (Å²) in [6, 6.07) is 0. The highest BCUT2D eigenvalue weighted by Crippen LogP contribution is 2.22. The van der Waals surface area contributed by atoms with Gasteiger partial charge in [-0.05, 0) is 13.3 Å². The average molecular weight is 347 g/mol. The van der Waals surface area contributed by atoms with Gasteiger partial charge in [0.2, 0.25) is 10.0 Å². The van der Waals surface area contributed by atoms with E-state index in [4.69, 9.17) is 16.7 Å². The molecular formula is C12H15ClN4O4S. The number of aliphatic carboxylic acids is 1. The molecule has 0 saturated carbocycles. The van der Waals surface area contributed by atoms with E-state index >= 15 is 0 Å². The van der Waals surface area contributed by atoms with E-state index in [1.807, 2.05) is 0 Å². The predicted octanol–water partition coefficient (Wildman–Crippen LogP) is 1.18. The van der Waals surface area contributed by atoms with Gasteiger partial charge >= 0.3 is 5.97 Å². The van der Waals surface area contributed by atoms with Gasteiger partial charge in [-0.25, -0.2) is 17.9 Å². The van der Waals surface area contributed by atoms with E-state index in [9.17, 15) is 13.2 Å². The molecule has 2 aromatic rings. The lowest BCUT2D eigenvalue weighted by Gasteiger charge is -2.19. The lowest BCUT2D eigenvalue weighted by Crippen LogP contribution is -2.36. The van der Waals surface area contributed by atoms with Crippen molar-refractivity contribution in [2.45, 2.75) is 25.2 Å². The van der Waals surface area contributed by atoms with Crippen molar-refractivity contribution >= 4 is 33.2 Å². The number of hydrogen-bond acceptors (Lipinski definition) is 5. The average Bonchev–Trinajstić information content (AvgIpc) is 2.72. The molecule has 1 N–H and O–H groups in total. The van der Waals surface area contributed by atoms with Crippen LogP contribution in [0.1, 0.15) is 19.0 Å². The van der Waals surface area contributed by atoms with Crippen molar-refractivity contribution < 1.29 is 18.3 Å². The van der Waals surface area contributed by atoms with Crippen molar-refractivity contribution in [2.75, 3.05) is 13.1 Å². The summed E-state index contributed by atoms with van der Waals surface area (Å²) in [5.41, 5.74) is 0.873. The predicted molar refractivity (Wildman–Crippen MR) is 79.4 cm³/mol. The van der Waals surface area contributed by atoms with Crippen LogP contribution >= 0.6 is 11.6 Å². The lowest BCUT2D eigenvalue weighted by molar-refractivity contribution is -0.137. The summed E-state index contributed by atoms with van der Waals surface area (Å²) in [6.45, 7) is 2.94. The maximum absolute atomic E-state index is 12.5. The third-order valence-electron chi connectivity index (χ3n) is 2.97. The van der Waals surface area contributed by atoms with Gasteiger partial charge in [0.1, 0.15) is 16.5 Å². The van der Waals surface area contributed by atoms with Crippen LogP contribution in [0.5, 0.6) is 0 Å². The highest BCUT2D eigenvalue weighted by Gasteiger charge is 2.27. The Morgan fingerprint density at radius 3 is 2.77 bits per heavy atom. The van der Waals surface area contributed by atoms with E-state index in [1.165, 1.54) is 10.7 Å². The molecule has 2 rings (SSSR count). The summed E-state index contributed by atoms with van der Waals surface area (Å²) < 4.78 is 27.3. The monoisotopic (exact) mass is 346 g/mol. The van der Waals surface area contributed by atoms with E-state index in [0.717, 1.165) is 10.5 Å². The molecule has 10 heteroatoms. The number of carbonyl (C=O) groups is 1. The first-order valence-corrected chi connectivity index (χ1v) is 8.31. The second-order valence-electron chi connectivity index (χ2n) is 4.69. The Hall–Kier alpha value is -1.71. The molecule has 0 aromatic carbocycles. The van der Waals surface area contributed by atoms with Crippen molar-refractivity contribution in [3.05, 3.63) is 23.1 Å². The topological polar surface area (TPSA) is 105 Å². The minimum Gasteiger partial charge on any atom is -0.480 e. The second kappa shape index (κ2) is 6.19. The van der Waals surface area contributed by atoms with Gasteiger partial charge in [0.25, 0.3) is 0 Å². The van der Waals surface area contributed by atoms with Crippen LogP contribution in [0.2, 0.25) is 5.02 Å². The van der Waals surface area contributed by atoms with Gasteiger partial charge in [-0.1, -0.05) is 18.5 Å². The first-order chi connectivity index (χ1) is 10.3. The van der Waals surface area contributed by atoms with E-state index in [0.29, 0.717) is 22.8 Å². The number of nitrogens with zero attached hydrogens (tertiary/aromatic N) is 4.